The summed E-state index contributed by atoms with van der Waals surface area (Å²) in [6.45, 7) is 12.9. The van der Waals surface area contributed by atoms with Crippen LogP contribution in [0.5, 0.6) is 0 Å². The van der Waals surface area contributed by atoms with E-state index in [1.807, 2.05) is 63.4 Å². The molecule has 2 aromatic rings. The molecule has 0 radical (unpaired) electrons. The monoisotopic (exact) mass is 516 g/mol. The van der Waals surface area contributed by atoms with E-state index in [0.29, 0.717) is 36.0 Å². The smallest absolute Gasteiger partial charge is 0.408 e. The summed E-state index contributed by atoms with van der Waals surface area (Å²) in [7, 11) is 0. The molecule has 0 bridgehead atoms. The first-order valence-electron chi connectivity index (χ1n) is 12.6. The highest BCUT2D eigenvalue weighted by molar-refractivity contribution is 7.11. The standard InChI is InChI=1S/C27H40N4O4S/c1-17(2)12-21(23-16-36-26(30-23)25(33)28-14-19(5)6)29-24(32)22(13-18(3)4)31-27(34)35-15-20-10-8-7-9-11-20/h7-11,16-19,21-22H,12-15H2,1-6H3,(H,28,33)(H,29,32)(H,31,34)/t21-,22-/m0/s1. The Hall–Kier alpha value is -2.94. The third kappa shape index (κ3) is 10.4. The Morgan fingerprint density at radius 1 is 0.917 bits per heavy atom. The molecule has 2 rings (SSSR count). The Balaban J connectivity index is 2.08. The summed E-state index contributed by atoms with van der Waals surface area (Å²) in [5.41, 5.74) is 1.51. The molecular weight excluding hydrogens is 476 g/mol. The topological polar surface area (TPSA) is 109 Å². The fourth-order valence-corrected chi connectivity index (χ4v) is 4.32. The number of carbonyl (C=O) groups excluding carboxylic acids is 3. The number of nitrogens with one attached hydrogen (secondary N) is 3. The van der Waals surface area contributed by atoms with Crippen LogP contribution in [0.1, 0.15) is 81.5 Å². The van der Waals surface area contributed by atoms with Gasteiger partial charge in [0.15, 0.2) is 5.01 Å². The molecule has 0 aliphatic heterocycles. The summed E-state index contributed by atoms with van der Waals surface area (Å²) in [4.78, 5) is 42.7. The lowest BCUT2D eigenvalue weighted by Gasteiger charge is -2.24. The summed E-state index contributed by atoms with van der Waals surface area (Å²) in [6.07, 6.45) is 0.466. The van der Waals surface area contributed by atoms with Crippen LogP contribution in [0, 0.1) is 17.8 Å². The molecule has 3 N–H and O–H groups in total. The van der Waals surface area contributed by atoms with Gasteiger partial charge in [0.25, 0.3) is 5.91 Å². The average molecular weight is 517 g/mol. The number of ether oxygens (including phenoxy) is 1. The minimum absolute atomic E-state index is 0.124. The van der Waals surface area contributed by atoms with E-state index >= 15 is 0 Å². The van der Waals surface area contributed by atoms with Crippen molar-refractivity contribution < 1.29 is 19.1 Å². The van der Waals surface area contributed by atoms with Crippen molar-refractivity contribution in [1.29, 1.82) is 0 Å². The lowest BCUT2D eigenvalue weighted by atomic mass is 9.99. The van der Waals surface area contributed by atoms with Crippen LogP contribution >= 0.6 is 11.3 Å². The highest BCUT2D eigenvalue weighted by atomic mass is 32.1. The minimum atomic E-state index is -0.754. The predicted octanol–water partition coefficient (Wildman–Crippen LogP) is 5.07. The van der Waals surface area contributed by atoms with Crippen LogP contribution in [0.15, 0.2) is 35.7 Å². The maximum atomic E-state index is 13.3. The van der Waals surface area contributed by atoms with E-state index in [2.05, 4.69) is 34.8 Å². The Morgan fingerprint density at radius 3 is 2.19 bits per heavy atom. The van der Waals surface area contributed by atoms with Gasteiger partial charge in [-0.1, -0.05) is 71.9 Å². The van der Waals surface area contributed by atoms with Crippen molar-refractivity contribution in [2.75, 3.05) is 6.54 Å². The number of hydrogen-bond donors (Lipinski definition) is 3. The van der Waals surface area contributed by atoms with Crippen molar-refractivity contribution in [1.82, 2.24) is 20.9 Å². The minimum Gasteiger partial charge on any atom is -0.445 e. The number of rotatable bonds is 13. The molecule has 3 amide bonds. The number of hydrogen-bond acceptors (Lipinski definition) is 6. The van der Waals surface area contributed by atoms with E-state index in [0.717, 1.165) is 5.56 Å². The van der Waals surface area contributed by atoms with Gasteiger partial charge < -0.3 is 20.7 Å². The van der Waals surface area contributed by atoms with E-state index in [4.69, 9.17) is 4.74 Å². The zero-order chi connectivity index (χ0) is 26.7. The summed E-state index contributed by atoms with van der Waals surface area (Å²) >= 11 is 1.26. The molecular formula is C27H40N4O4S. The number of alkyl carbamates (subject to hydrolysis) is 1. The second kappa shape index (κ2) is 14.6. The van der Waals surface area contributed by atoms with E-state index in [1.54, 1.807) is 0 Å². The third-order valence-corrected chi connectivity index (χ3v) is 6.16. The Labute approximate surface area is 218 Å². The second-order valence-corrected chi connectivity index (χ2v) is 11.1. The normalized spacial score (nSPS) is 12.9. The number of aromatic nitrogens is 1. The Bertz CT molecular complexity index is 975. The van der Waals surface area contributed by atoms with E-state index in [1.165, 1.54) is 11.3 Å². The van der Waals surface area contributed by atoms with Gasteiger partial charge in [0.1, 0.15) is 12.6 Å². The SMILES string of the molecule is CC(C)CNC(=O)c1nc([C@H](CC(C)C)NC(=O)[C@H](CC(C)C)NC(=O)OCc2ccccc2)cs1. The largest absolute Gasteiger partial charge is 0.445 e. The molecule has 8 nitrogen and oxygen atoms in total. The number of carbonyl (C=O) groups is 3. The summed E-state index contributed by atoms with van der Waals surface area (Å²) in [6, 6.07) is 8.24. The first-order valence-corrected chi connectivity index (χ1v) is 13.4. The molecule has 1 aromatic heterocycles. The van der Waals surface area contributed by atoms with Crippen molar-refractivity contribution in [3.8, 4) is 0 Å². The number of amides is 3. The van der Waals surface area contributed by atoms with Crippen LogP contribution in [0.25, 0.3) is 0 Å². The van der Waals surface area contributed by atoms with E-state index in [9.17, 15) is 14.4 Å². The molecule has 0 fully saturated rings. The summed E-state index contributed by atoms with van der Waals surface area (Å²) < 4.78 is 5.33. The third-order valence-electron chi connectivity index (χ3n) is 5.30. The van der Waals surface area contributed by atoms with Crippen LogP contribution in [0.3, 0.4) is 0 Å². The summed E-state index contributed by atoms with van der Waals surface area (Å²) in [5, 5.41) is 10.8. The van der Waals surface area contributed by atoms with E-state index < -0.39 is 12.1 Å². The van der Waals surface area contributed by atoms with Gasteiger partial charge in [0.05, 0.1) is 11.7 Å². The molecule has 9 heteroatoms. The highest BCUT2D eigenvalue weighted by Crippen LogP contribution is 2.24. The van der Waals surface area contributed by atoms with Gasteiger partial charge in [0, 0.05) is 11.9 Å². The molecule has 0 saturated carbocycles. The molecule has 0 unspecified atom stereocenters. The quantitative estimate of drug-likeness (QED) is 0.344. The van der Waals surface area contributed by atoms with Crippen LogP contribution < -0.4 is 16.0 Å². The van der Waals surface area contributed by atoms with Gasteiger partial charge in [-0.05, 0) is 36.2 Å². The zero-order valence-electron chi connectivity index (χ0n) is 22.2. The van der Waals surface area contributed by atoms with Gasteiger partial charge in [-0.15, -0.1) is 11.3 Å². The van der Waals surface area contributed by atoms with Crippen molar-refractivity contribution >= 4 is 29.2 Å². The molecule has 0 spiro atoms. The van der Waals surface area contributed by atoms with Crippen LogP contribution in [0.4, 0.5) is 4.79 Å². The highest BCUT2D eigenvalue weighted by Gasteiger charge is 2.27. The first kappa shape index (κ1) is 29.3. The predicted molar refractivity (Wildman–Crippen MR) is 143 cm³/mol. The van der Waals surface area contributed by atoms with E-state index in [-0.39, 0.29) is 36.3 Å². The number of nitrogens with zero attached hydrogens (tertiary/aromatic N) is 1. The molecule has 0 aliphatic carbocycles. The van der Waals surface area contributed by atoms with Gasteiger partial charge >= 0.3 is 6.09 Å². The molecule has 1 heterocycles. The van der Waals surface area contributed by atoms with Crippen molar-refractivity contribution in [2.45, 2.75) is 73.1 Å². The zero-order valence-corrected chi connectivity index (χ0v) is 23.0. The second-order valence-electron chi connectivity index (χ2n) is 10.3. The fraction of sp³-hybridized carbons (Fsp3) is 0.556. The van der Waals surface area contributed by atoms with Crippen LogP contribution in [0.2, 0.25) is 0 Å². The van der Waals surface area contributed by atoms with Crippen LogP contribution in [-0.2, 0) is 16.1 Å². The van der Waals surface area contributed by atoms with Crippen molar-refractivity contribution in [2.24, 2.45) is 17.8 Å². The first-order chi connectivity index (χ1) is 17.0. The van der Waals surface area contributed by atoms with Crippen molar-refractivity contribution in [3.05, 3.63) is 52.0 Å². The van der Waals surface area contributed by atoms with Gasteiger partial charge in [-0.25, -0.2) is 9.78 Å². The molecule has 2 atom stereocenters. The van der Waals surface area contributed by atoms with Crippen molar-refractivity contribution in [3.63, 3.8) is 0 Å². The summed E-state index contributed by atoms with van der Waals surface area (Å²) in [5.74, 6) is 0.280. The van der Waals surface area contributed by atoms with Gasteiger partial charge in [-0.2, -0.15) is 0 Å². The number of benzene rings is 1. The van der Waals surface area contributed by atoms with Gasteiger partial charge in [-0.3, -0.25) is 9.59 Å². The maximum Gasteiger partial charge on any atom is 0.408 e. The number of thiazole rings is 1. The molecule has 198 valence electrons. The van der Waals surface area contributed by atoms with Crippen LogP contribution in [-0.4, -0.2) is 35.5 Å². The maximum absolute atomic E-state index is 13.3. The fourth-order valence-electron chi connectivity index (χ4n) is 3.53. The molecule has 0 aliphatic rings. The average Bonchev–Trinajstić information content (AvgIpc) is 3.31. The molecule has 0 saturated heterocycles. The lowest BCUT2D eigenvalue weighted by molar-refractivity contribution is -0.124. The van der Waals surface area contributed by atoms with Gasteiger partial charge in [0.2, 0.25) is 5.91 Å². The lowest BCUT2D eigenvalue weighted by Crippen LogP contribution is -2.48. The Kier molecular flexibility index (Phi) is 11.9. The molecule has 1 aromatic carbocycles. The Morgan fingerprint density at radius 2 is 1.58 bits per heavy atom. The molecule has 36 heavy (non-hydrogen) atoms.